The highest BCUT2D eigenvalue weighted by Gasteiger charge is 2.39. The molecule has 19 heavy (non-hydrogen) atoms. The van der Waals surface area contributed by atoms with Crippen molar-refractivity contribution in [3.8, 4) is 0 Å². The Morgan fingerprint density at radius 1 is 1.47 bits per heavy atom. The number of sulfonamides is 1. The summed E-state index contributed by atoms with van der Waals surface area (Å²) in [5.41, 5.74) is 5.10. The van der Waals surface area contributed by atoms with Crippen molar-refractivity contribution in [1.29, 1.82) is 0 Å². The molecule has 1 aromatic rings. The van der Waals surface area contributed by atoms with Crippen LogP contribution in [0.4, 0.5) is 0 Å². The summed E-state index contributed by atoms with van der Waals surface area (Å²) in [5, 5.41) is 10.0. The number of carbonyl (C=O) groups is 2. The lowest BCUT2D eigenvalue weighted by molar-refractivity contribution is -0.121. The number of primary amides is 1. The van der Waals surface area contributed by atoms with Gasteiger partial charge in [0.1, 0.15) is 10.3 Å². The summed E-state index contributed by atoms with van der Waals surface area (Å²) in [6.45, 7) is 0.218. The number of aromatic carboxylic acids is 1. The van der Waals surface area contributed by atoms with Crippen molar-refractivity contribution < 1.29 is 23.1 Å². The van der Waals surface area contributed by atoms with Gasteiger partial charge in [-0.3, -0.25) is 4.79 Å². The van der Waals surface area contributed by atoms with E-state index in [1.165, 1.54) is 5.38 Å². The smallest absolute Gasteiger partial charge is 0.336 e. The second-order valence-electron chi connectivity index (χ2n) is 4.14. The minimum atomic E-state index is -3.86. The second-order valence-corrected chi connectivity index (χ2v) is 7.16. The molecule has 2 heterocycles. The minimum Gasteiger partial charge on any atom is -0.478 e. The second kappa shape index (κ2) is 4.91. The van der Waals surface area contributed by atoms with Crippen LogP contribution in [0.2, 0.25) is 0 Å². The fourth-order valence-corrected chi connectivity index (χ4v) is 4.94. The summed E-state index contributed by atoms with van der Waals surface area (Å²) < 4.78 is 25.6. The van der Waals surface area contributed by atoms with Crippen LogP contribution in [-0.2, 0) is 14.8 Å². The number of hydrogen-bond donors (Lipinski definition) is 2. The van der Waals surface area contributed by atoms with Gasteiger partial charge in [-0.05, 0) is 18.9 Å². The van der Waals surface area contributed by atoms with Crippen LogP contribution in [0.15, 0.2) is 15.7 Å². The van der Waals surface area contributed by atoms with Crippen LogP contribution >= 0.6 is 11.3 Å². The van der Waals surface area contributed by atoms with Crippen molar-refractivity contribution in [2.75, 3.05) is 6.54 Å². The number of carbonyl (C=O) groups excluding carboxylic acids is 1. The first-order valence-electron chi connectivity index (χ1n) is 5.47. The molecule has 0 saturated carbocycles. The molecule has 0 radical (unpaired) electrons. The lowest BCUT2D eigenvalue weighted by Gasteiger charge is -2.20. The molecule has 1 amide bonds. The molecule has 2 rings (SSSR count). The third-order valence-electron chi connectivity index (χ3n) is 2.92. The van der Waals surface area contributed by atoms with Crippen LogP contribution in [0, 0.1) is 0 Å². The third kappa shape index (κ3) is 2.48. The predicted molar refractivity (Wildman–Crippen MR) is 67.4 cm³/mol. The summed E-state index contributed by atoms with van der Waals surface area (Å²) >= 11 is 0.823. The molecule has 0 bridgehead atoms. The zero-order valence-electron chi connectivity index (χ0n) is 9.77. The van der Waals surface area contributed by atoms with Crippen LogP contribution < -0.4 is 5.73 Å². The van der Waals surface area contributed by atoms with E-state index in [9.17, 15) is 18.0 Å². The van der Waals surface area contributed by atoms with Gasteiger partial charge in [-0.15, -0.1) is 11.3 Å². The highest BCUT2D eigenvalue weighted by molar-refractivity contribution is 7.91. The SMILES string of the molecule is NC(=O)[C@H]1CCCN1S(=O)(=O)c1cc(C(=O)O)cs1. The van der Waals surface area contributed by atoms with Gasteiger partial charge in [-0.1, -0.05) is 0 Å². The van der Waals surface area contributed by atoms with Gasteiger partial charge in [0.25, 0.3) is 10.0 Å². The zero-order valence-corrected chi connectivity index (χ0v) is 11.4. The molecular formula is C10H12N2O5S2. The average Bonchev–Trinajstić information content (AvgIpc) is 2.98. The Morgan fingerprint density at radius 2 is 2.16 bits per heavy atom. The number of carboxylic acid groups (broad SMARTS) is 1. The van der Waals surface area contributed by atoms with Gasteiger partial charge in [0.05, 0.1) is 5.56 Å². The largest absolute Gasteiger partial charge is 0.478 e. The highest BCUT2D eigenvalue weighted by atomic mass is 32.2. The zero-order chi connectivity index (χ0) is 14.2. The normalized spacial score (nSPS) is 20.5. The average molecular weight is 304 g/mol. The Hall–Kier alpha value is -1.45. The molecule has 104 valence electrons. The number of thiophene rings is 1. The van der Waals surface area contributed by atoms with Gasteiger partial charge < -0.3 is 10.8 Å². The van der Waals surface area contributed by atoms with E-state index in [2.05, 4.69) is 0 Å². The Kier molecular flexibility index (Phi) is 3.61. The van der Waals surface area contributed by atoms with Crippen molar-refractivity contribution in [3.63, 3.8) is 0 Å². The molecule has 1 atom stereocenters. The number of amides is 1. The molecule has 0 aromatic carbocycles. The predicted octanol–water partition coefficient (Wildman–Crippen LogP) is 0.0847. The Balaban J connectivity index is 2.36. The lowest BCUT2D eigenvalue weighted by Crippen LogP contribution is -2.43. The van der Waals surface area contributed by atoms with Crippen LogP contribution in [0.25, 0.3) is 0 Å². The molecule has 1 fully saturated rings. The summed E-state index contributed by atoms with van der Waals surface area (Å²) in [7, 11) is -3.86. The van der Waals surface area contributed by atoms with E-state index in [4.69, 9.17) is 10.8 Å². The van der Waals surface area contributed by atoms with Crippen LogP contribution in [0.1, 0.15) is 23.2 Å². The Bertz CT molecular complexity index is 622. The molecular weight excluding hydrogens is 292 g/mol. The first-order chi connectivity index (χ1) is 8.84. The van der Waals surface area contributed by atoms with Crippen molar-refractivity contribution in [2.45, 2.75) is 23.1 Å². The van der Waals surface area contributed by atoms with Gasteiger partial charge in [-0.2, -0.15) is 4.31 Å². The third-order valence-corrected chi connectivity index (χ3v) is 6.24. The van der Waals surface area contributed by atoms with Crippen molar-refractivity contribution in [2.24, 2.45) is 5.73 Å². The standard InChI is InChI=1S/C10H12N2O5S2/c11-9(13)7-2-1-3-12(7)19(16,17)8-4-6(5-18-8)10(14)15/h4-5,7H,1-3H2,(H2,11,13)(H,14,15)/t7-/m1/s1. The van der Waals surface area contributed by atoms with E-state index in [0.29, 0.717) is 12.8 Å². The van der Waals surface area contributed by atoms with E-state index < -0.39 is 27.9 Å². The van der Waals surface area contributed by atoms with E-state index >= 15 is 0 Å². The maximum absolute atomic E-state index is 12.3. The Morgan fingerprint density at radius 3 is 2.68 bits per heavy atom. The maximum Gasteiger partial charge on any atom is 0.336 e. The quantitative estimate of drug-likeness (QED) is 0.817. The number of nitrogens with zero attached hydrogens (tertiary/aromatic N) is 1. The van der Waals surface area contributed by atoms with Crippen LogP contribution in [0.5, 0.6) is 0 Å². The van der Waals surface area contributed by atoms with E-state index in [1.807, 2.05) is 0 Å². The van der Waals surface area contributed by atoms with E-state index in [0.717, 1.165) is 21.7 Å². The number of carboxylic acids is 1. The molecule has 0 unspecified atom stereocenters. The summed E-state index contributed by atoms with van der Waals surface area (Å²) in [6, 6.07) is 0.249. The monoisotopic (exact) mass is 304 g/mol. The lowest BCUT2D eigenvalue weighted by atomic mass is 10.2. The summed E-state index contributed by atoms with van der Waals surface area (Å²) in [4.78, 5) is 22.0. The number of rotatable bonds is 4. The fraction of sp³-hybridized carbons (Fsp3) is 0.400. The first kappa shape index (κ1) is 14.0. The van der Waals surface area contributed by atoms with E-state index in [1.54, 1.807) is 0 Å². The van der Waals surface area contributed by atoms with Crippen LogP contribution in [0.3, 0.4) is 0 Å². The number of nitrogens with two attached hydrogens (primary N) is 1. The molecule has 9 heteroatoms. The van der Waals surface area contributed by atoms with Crippen molar-refractivity contribution in [1.82, 2.24) is 4.31 Å². The molecule has 1 aliphatic heterocycles. The molecule has 1 aromatic heterocycles. The first-order valence-corrected chi connectivity index (χ1v) is 7.79. The minimum absolute atomic E-state index is 0.0848. The number of hydrogen-bond acceptors (Lipinski definition) is 5. The molecule has 7 nitrogen and oxygen atoms in total. The topological polar surface area (TPSA) is 118 Å². The Labute approximate surface area is 113 Å². The maximum atomic E-state index is 12.3. The highest BCUT2D eigenvalue weighted by Crippen LogP contribution is 2.29. The van der Waals surface area contributed by atoms with E-state index in [-0.39, 0.29) is 16.3 Å². The summed E-state index contributed by atoms with van der Waals surface area (Å²) in [5.74, 6) is -1.87. The van der Waals surface area contributed by atoms with Gasteiger partial charge in [0.15, 0.2) is 0 Å². The fourth-order valence-electron chi connectivity index (χ4n) is 1.99. The molecule has 3 N–H and O–H groups in total. The van der Waals surface area contributed by atoms with Gasteiger partial charge in [-0.25, -0.2) is 13.2 Å². The molecule has 0 aliphatic carbocycles. The molecule has 1 saturated heterocycles. The van der Waals surface area contributed by atoms with Crippen molar-refractivity contribution >= 4 is 33.2 Å². The van der Waals surface area contributed by atoms with Crippen molar-refractivity contribution in [3.05, 3.63) is 17.0 Å². The van der Waals surface area contributed by atoms with Gasteiger partial charge in [0.2, 0.25) is 5.91 Å². The van der Waals surface area contributed by atoms with Gasteiger partial charge >= 0.3 is 5.97 Å². The van der Waals surface area contributed by atoms with Crippen LogP contribution in [-0.4, -0.2) is 42.3 Å². The summed E-state index contributed by atoms with van der Waals surface area (Å²) in [6.07, 6.45) is 0.954. The molecule has 0 spiro atoms. The molecule has 1 aliphatic rings. The van der Waals surface area contributed by atoms with Gasteiger partial charge in [0, 0.05) is 11.9 Å².